The molecule has 0 aliphatic heterocycles. The minimum absolute atomic E-state index is 0.230. The highest BCUT2D eigenvalue weighted by Crippen LogP contribution is 2.29. The zero-order valence-electron chi connectivity index (χ0n) is 19.0. The molecule has 2 amide bonds. The molecule has 0 saturated carbocycles. The van der Waals surface area contributed by atoms with Crippen molar-refractivity contribution in [2.45, 2.75) is 20.3 Å². The number of hydrogen-bond acceptors (Lipinski definition) is 4. The summed E-state index contributed by atoms with van der Waals surface area (Å²) in [6, 6.07) is 17.2. The van der Waals surface area contributed by atoms with Gasteiger partial charge < -0.3 is 20.1 Å². The molecule has 0 fully saturated rings. The van der Waals surface area contributed by atoms with Gasteiger partial charge in [0.25, 0.3) is 11.8 Å². The van der Waals surface area contributed by atoms with Crippen molar-refractivity contribution in [3.05, 3.63) is 87.4 Å². The van der Waals surface area contributed by atoms with E-state index in [4.69, 9.17) is 32.7 Å². The van der Waals surface area contributed by atoms with Gasteiger partial charge in [-0.2, -0.15) is 0 Å². The lowest BCUT2D eigenvalue weighted by atomic mass is 10.1. The molecule has 0 radical (unpaired) electrons. The number of ether oxygens (including phenoxy) is 2. The number of carbonyl (C=O) groups excluding carboxylic acids is 2. The summed E-state index contributed by atoms with van der Waals surface area (Å²) in [4.78, 5) is 25.5. The van der Waals surface area contributed by atoms with E-state index in [0.29, 0.717) is 54.0 Å². The van der Waals surface area contributed by atoms with E-state index in [1.54, 1.807) is 30.3 Å². The van der Waals surface area contributed by atoms with Crippen LogP contribution in [0.25, 0.3) is 0 Å². The Bertz CT molecular complexity index is 1170. The fourth-order valence-electron chi connectivity index (χ4n) is 3.32. The van der Waals surface area contributed by atoms with Crippen LogP contribution in [0.2, 0.25) is 10.0 Å². The average molecular weight is 501 g/mol. The molecule has 0 aliphatic rings. The molecule has 0 atom stereocenters. The maximum Gasteiger partial charge on any atom is 0.257 e. The summed E-state index contributed by atoms with van der Waals surface area (Å²) in [5.74, 6) is 0.651. The highest BCUT2D eigenvalue weighted by atomic mass is 35.5. The summed E-state index contributed by atoms with van der Waals surface area (Å²) in [6.07, 6.45) is 0.604. The van der Waals surface area contributed by atoms with Gasteiger partial charge >= 0.3 is 0 Å². The largest absolute Gasteiger partial charge is 0.490 e. The molecule has 0 aliphatic carbocycles. The molecule has 3 aromatic rings. The SMILES string of the molecule is CCOc1ccc(CCNC(=O)c2ccccc2NC(=O)c2ccc(Cl)cc2Cl)cc1OCC. The zero-order chi connectivity index (χ0) is 24.5. The van der Waals surface area contributed by atoms with Crippen molar-refractivity contribution in [1.82, 2.24) is 5.32 Å². The Morgan fingerprint density at radius 2 is 1.56 bits per heavy atom. The summed E-state index contributed by atoms with van der Waals surface area (Å²) in [5.41, 5.74) is 2.01. The molecule has 6 nitrogen and oxygen atoms in total. The Balaban J connectivity index is 1.65. The minimum Gasteiger partial charge on any atom is -0.490 e. The Labute approximate surface area is 209 Å². The maximum atomic E-state index is 12.8. The number of para-hydroxylation sites is 1. The molecule has 2 N–H and O–H groups in total. The molecule has 178 valence electrons. The van der Waals surface area contributed by atoms with Crippen LogP contribution in [-0.2, 0) is 6.42 Å². The van der Waals surface area contributed by atoms with E-state index in [-0.39, 0.29) is 16.5 Å². The first-order valence-corrected chi connectivity index (χ1v) is 11.7. The fraction of sp³-hybridized carbons (Fsp3) is 0.231. The van der Waals surface area contributed by atoms with Gasteiger partial charge in [0.05, 0.1) is 35.1 Å². The number of hydrogen-bond donors (Lipinski definition) is 2. The van der Waals surface area contributed by atoms with Crippen LogP contribution < -0.4 is 20.1 Å². The van der Waals surface area contributed by atoms with Crippen LogP contribution in [0.5, 0.6) is 11.5 Å². The van der Waals surface area contributed by atoms with Gasteiger partial charge in [0.2, 0.25) is 0 Å². The molecular weight excluding hydrogens is 475 g/mol. The Kier molecular flexibility index (Phi) is 9.19. The van der Waals surface area contributed by atoms with Gasteiger partial charge in [-0.05, 0) is 68.3 Å². The molecule has 0 heterocycles. The standard InChI is InChI=1S/C26H26Cl2N2O4/c1-3-33-23-12-9-17(15-24(23)34-4-2)13-14-29-25(31)20-7-5-6-8-22(20)30-26(32)19-11-10-18(27)16-21(19)28/h5-12,15-16H,3-4,13-14H2,1-2H3,(H,29,31)(H,30,32). The molecule has 0 saturated heterocycles. The van der Waals surface area contributed by atoms with E-state index in [9.17, 15) is 9.59 Å². The lowest BCUT2D eigenvalue weighted by molar-refractivity contribution is 0.0955. The summed E-state index contributed by atoms with van der Waals surface area (Å²) in [7, 11) is 0. The van der Waals surface area contributed by atoms with E-state index in [2.05, 4.69) is 10.6 Å². The monoisotopic (exact) mass is 500 g/mol. The second-order valence-corrected chi connectivity index (χ2v) is 8.12. The zero-order valence-corrected chi connectivity index (χ0v) is 20.5. The smallest absolute Gasteiger partial charge is 0.257 e. The molecule has 0 unspecified atom stereocenters. The van der Waals surface area contributed by atoms with Gasteiger partial charge in [0.1, 0.15) is 0 Å². The lowest BCUT2D eigenvalue weighted by Gasteiger charge is -2.14. The van der Waals surface area contributed by atoms with Crippen molar-refractivity contribution < 1.29 is 19.1 Å². The van der Waals surface area contributed by atoms with E-state index >= 15 is 0 Å². The Morgan fingerprint density at radius 3 is 2.29 bits per heavy atom. The molecule has 3 rings (SSSR count). The number of amides is 2. The lowest BCUT2D eigenvalue weighted by Crippen LogP contribution is -2.27. The third kappa shape index (κ3) is 6.65. The first-order chi connectivity index (χ1) is 16.4. The van der Waals surface area contributed by atoms with Crippen molar-refractivity contribution in [2.75, 3.05) is 25.1 Å². The number of benzene rings is 3. The highest BCUT2D eigenvalue weighted by Gasteiger charge is 2.16. The van der Waals surface area contributed by atoms with E-state index in [0.717, 1.165) is 5.56 Å². The number of rotatable bonds is 10. The second kappa shape index (κ2) is 12.3. The Hall–Kier alpha value is -3.22. The molecule has 34 heavy (non-hydrogen) atoms. The van der Waals surface area contributed by atoms with Gasteiger partial charge in [-0.25, -0.2) is 0 Å². The third-order valence-corrected chi connectivity index (χ3v) is 5.45. The normalized spacial score (nSPS) is 10.5. The number of carbonyl (C=O) groups is 2. The molecule has 0 spiro atoms. The van der Waals surface area contributed by atoms with Gasteiger partial charge in [0, 0.05) is 11.6 Å². The number of nitrogens with one attached hydrogen (secondary N) is 2. The molecule has 0 bridgehead atoms. The van der Waals surface area contributed by atoms with Gasteiger partial charge in [-0.1, -0.05) is 41.4 Å². The minimum atomic E-state index is -0.431. The van der Waals surface area contributed by atoms with Crippen molar-refractivity contribution >= 4 is 40.7 Å². The van der Waals surface area contributed by atoms with E-state index in [1.165, 1.54) is 12.1 Å². The van der Waals surface area contributed by atoms with Crippen LogP contribution in [0, 0.1) is 0 Å². The summed E-state index contributed by atoms with van der Waals surface area (Å²) >= 11 is 12.0. The summed E-state index contributed by atoms with van der Waals surface area (Å²) < 4.78 is 11.3. The van der Waals surface area contributed by atoms with Crippen molar-refractivity contribution in [2.24, 2.45) is 0 Å². The summed E-state index contributed by atoms with van der Waals surface area (Å²) in [5, 5.41) is 6.33. The van der Waals surface area contributed by atoms with Crippen molar-refractivity contribution in [3.63, 3.8) is 0 Å². The number of anilines is 1. The van der Waals surface area contributed by atoms with Crippen LogP contribution in [-0.4, -0.2) is 31.6 Å². The maximum absolute atomic E-state index is 12.8. The predicted molar refractivity (Wildman–Crippen MR) is 136 cm³/mol. The molecule has 3 aromatic carbocycles. The second-order valence-electron chi connectivity index (χ2n) is 7.28. The fourth-order valence-corrected chi connectivity index (χ4v) is 3.81. The topological polar surface area (TPSA) is 76.7 Å². The third-order valence-electron chi connectivity index (χ3n) is 4.90. The van der Waals surface area contributed by atoms with E-state index in [1.807, 2.05) is 32.0 Å². The predicted octanol–water partition coefficient (Wildman–Crippen LogP) is 6.02. The van der Waals surface area contributed by atoms with E-state index < -0.39 is 5.91 Å². The van der Waals surface area contributed by atoms with Crippen LogP contribution in [0.4, 0.5) is 5.69 Å². The summed E-state index contributed by atoms with van der Waals surface area (Å²) in [6.45, 7) is 5.33. The Morgan fingerprint density at radius 1 is 0.824 bits per heavy atom. The van der Waals surface area contributed by atoms with Gasteiger partial charge in [-0.15, -0.1) is 0 Å². The van der Waals surface area contributed by atoms with Crippen LogP contribution in [0.1, 0.15) is 40.1 Å². The number of halogens is 2. The molecule has 8 heteroatoms. The van der Waals surface area contributed by atoms with Gasteiger partial charge in [0.15, 0.2) is 11.5 Å². The van der Waals surface area contributed by atoms with Crippen molar-refractivity contribution in [3.8, 4) is 11.5 Å². The molecule has 0 aromatic heterocycles. The quantitative estimate of drug-likeness (QED) is 0.357. The first-order valence-electron chi connectivity index (χ1n) is 10.9. The van der Waals surface area contributed by atoms with Crippen LogP contribution >= 0.6 is 23.2 Å². The first kappa shape index (κ1) is 25.4. The van der Waals surface area contributed by atoms with Gasteiger partial charge in [-0.3, -0.25) is 9.59 Å². The van der Waals surface area contributed by atoms with Crippen LogP contribution in [0.3, 0.4) is 0 Å². The molecular formula is C26H26Cl2N2O4. The average Bonchev–Trinajstić information content (AvgIpc) is 2.81. The van der Waals surface area contributed by atoms with Crippen molar-refractivity contribution in [1.29, 1.82) is 0 Å². The highest BCUT2D eigenvalue weighted by molar-refractivity contribution is 6.37. The van der Waals surface area contributed by atoms with Crippen LogP contribution in [0.15, 0.2) is 60.7 Å².